The predicted molar refractivity (Wildman–Crippen MR) is 79.7 cm³/mol. The number of halogens is 2. The van der Waals surface area contributed by atoms with Crippen LogP contribution in [0.1, 0.15) is 0 Å². The lowest BCUT2D eigenvalue weighted by atomic mass is 10.1. The Bertz CT molecular complexity index is 657. The molecule has 0 aliphatic carbocycles. The lowest BCUT2D eigenvalue weighted by Crippen LogP contribution is -2.20. The van der Waals surface area contributed by atoms with Crippen LogP contribution in [0.5, 0.6) is 0 Å². The molecule has 0 atom stereocenters. The van der Waals surface area contributed by atoms with Crippen molar-refractivity contribution in [1.82, 2.24) is 9.97 Å². The Hall–Kier alpha value is -2.27. The number of aliphatic imine (C=N–C) groups is 1. The standard InChI is InChI=1S/C14H11FN4.ClH/c15-12-5-2-1-4-11(12)13-6-8-17-14(18-13)19-9-3-7-16-10-19;/h1-9H,10H2;1H. The van der Waals surface area contributed by atoms with E-state index in [0.29, 0.717) is 23.9 Å². The van der Waals surface area contributed by atoms with Gasteiger partial charge in [0.2, 0.25) is 5.95 Å². The summed E-state index contributed by atoms with van der Waals surface area (Å²) in [6.45, 7) is 0.469. The lowest BCUT2D eigenvalue weighted by Gasteiger charge is -2.17. The van der Waals surface area contributed by atoms with Crippen LogP contribution in [-0.2, 0) is 0 Å². The number of rotatable bonds is 2. The van der Waals surface area contributed by atoms with Gasteiger partial charge in [0.1, 0.15) is 12.5 Å². The van der Waals surface area contributed by atoms with Gasteiger partial charge >= 0.3 is 0 Å². The Labute approximate surface area is 122 Å². The summed E-state index contributed by atoms with van der Waals surface area (Å²) < 4.78 is 13.7. The first-order chi connectivity index (χ1) is 9.34. The molecule has 1 aromatic heterocycles. The second-order valence-electron chi connectivity index (χ2n) is 4.01. The predicted octanol–water partition coefficient (Wildman–Crippen LogP) is 3.07. The van der Waals surface area contributed by atoms with Gasteiger partial charge in [-0.1, -0.05) is 12.1 Å². The van der Waals surface area contributed by atoms with Crippen LogP contribution < -0.4 is 4.90 Å². The molecule has 0 amide bonds. The van der Waals surface area contributed by atoms with Gasteiger partial charge in [0.05, 0.1) is 5.69 Å². The fraction of sp³-hybridized carbons (Fsp3) is 0.0714. The second kappa shape index (κ2) is 6.25. The maximum absolute atomic E-state index is 13.7. The third kappa shape index (κ3) is 2.83. The number of hydrogen-bond acceptors (Lipinski definition) is 4. The third-order valence-electron chi connectivity index (χ3n) is 2.74. The van der Waals surface area contributed by atoms with Crippen LogP contribution in [-0.4, -0.2) is 22.9 Å². The van der Waals surface area contributed by atoms with Gasteiger partial charge in [0.25, 0.3) is 0 Å². The highest BCUT2D eigenvalue weighted by molar-refractivity contribution is 5.85. The molecule has 1 aromatic carbocycles. The fourth-order valence-corrected chi connectivity index (χ4v) is 1.82. The Balaban J connectivity index is 0.00000147. The first-order valence-corrected chi connectivity index (χ1v) is 5.86. The summed E-state index contributed by atoms with van der Waals surface area (Å²) >= 11 is 0. The van der Waals surface area contributed by atoms with Crippen LogP contribution in [0.3, 0.4) is 0 Å². The average Bonchev–Trinajstić information content (AvgIpc) is 2.49. The summed E-state index contributed by atoms with van der Waals surface area (Å²) in [6, 6.07) is 8.25. The van der Waals surface area contributed by atoms with Gasteiger partial charge in [-0.2, -0.15) is 0 Å². The molecule has 0 saturated carbocycles. The Morgan fingerprint density at radius 3 is 2.75 bits per heavy atom. The van der Waals surface area contributed by atoms with E-state index < -0.39 is 0 Å². The first-order valence-electron chi connectivity index (χ1n) is 5.86. The van der Waals surface area contributed by atoms with E-state index in [0.717, 1.165) is 0 Å². The molecule has 0 radical (unpaired) electrons. The molecule has 0 saturated heterocycles. The van der Waals surface area contributed by atoms with E-state index in [2.05, 4.69) is 15.0 Å². The van der Waals surface area contributed by atoms with Gasteiger partial charge in [-0.3, -0.25) is 9.89 Å². The minimum Gasteiger partial charge on any atom is -0.297 e. The van der Waals surface area contributed by atoms with Crippen LogP contribution in [0.25, 0.3) is 11.3 Å². The van der Waals surface area contributed by atoms with Gasteiger partial charge in [0.15, 0.2) is 0 Å². The maximum atomic E-state index is 13.7. The number of aromatic nitrogens is 2. The topological polar surface area (TPSA) is 41.4 Å². The summed E-state index contributed by atoms with van der Waals surface area (Å²) in [5.74, 6) is 0.216. The molecule has 20 heavy (non-hydrogen) atoms. The largest absolute Gasteiger partial charge is 0.297 e. The minimum atomic E-state index is -0.292. The fourth-order valence-electron chi connectivity index (χ4n) is 1.82. The van der Waals surface area contributed by atoms with Crippen molar-refractivity contribution in [3.8, 4) is 11.3 Å². The molecule has 0 spiro atoms. The van der Waals surface area contributed by atoms with E-state index in [1.54, 1.807) is 41.6 Å². The van der Waals surface area contributed by atoms with Crippen LogP contribution in [0, 0.1) is 5.82 Å². The van der Waals surface area contributed by atoms with Crippen molar-refractivity contribution in [3.63, 3.8) is 0 Å². The molecule has 0 bridgehead atoms. The molecular weight excluding hydrogens is 279 g/mol. The lowest BCUT2D eigenvalue weighted by molar-refractivity contribution is 0.630. The molecule has 0 N–H and O–H groups in total. The highest BCUT2D eigenvalue weighted by atomic mass is 35.5. The van der Waals surface area contributed by atoms with Gasteiger partial charge in [-0.05, 0) is 24.3 Å². The smallest absolute Gasteiger partial charge is 0.231 e. The zero-order chi connectivity index (χ0) is 13.1. The molecule has 1 aliphatic heterocycles. The van der Waals surface area contributed by atoms with Crippen molar-refractivity contribution in [2.75, 3.05) is 11.6 Å². The number of anilines is 1. The van der Waals surface area contributed by atoms with Crippen LogP contribution in [0.4, 0.5) is 10.3 Å². The zero-order valence-electron chi connectivity index (χ0n) is 10.5. The van der Waals surface area contributed by atoms with Crippen LogP contribution in [0.2, 0.25) is 0 Å². The number of hydrogen-bond donors (Lipinski definition) is 0. The summed E-state index contributed by atoms with van der Waals surface area (Å²) in [7, 11) is 0. The van der Waals surface area contributed by atoms with Crippen molar-refractivity contribution in [2.24, 2.45) is 4.99 Å². The molecule has 3 rings (SSSR count). The van der Waals surface area contributed by atoms with Gasteiger partial charge in [-0.15, -0.1) is 12.4 Å². The van der Waals surface area contributed by atoms with E-state index in [9.17, 15) is 4.39 Å². The monoisotopic (exact) mass is 290 g/mol. The minimum absolute atomic E-state index is 0. The van der Waals surface area contributed by atoms with E-state index in [1.807, 2.05) is 12.3 Å². The summed E-state index contributed by atoms with van der Waals surface area (Å²) in [5.41, 5.74) is 1.03. The van der Waals surface area contributed by atoms with Gasteiger partial charge < -0.3 is 0 Å². The van der Waals surface area contributed by atoms with Crippen molar-refractivity contribution >= 4 is 24.6 Å². The molecule has 102 valence electrons. The quantitative estimate of drug-likeness (QED) is 0.853. The number of allylic oxidation sites excluding steroid dienone is 1. The Morgan fingerprint density at radius 2 is 2.00 bits per heavy atom. The van der Waals surface area contributed by atoms with Crippen LogP contribution >= 0.6 is 12.4 Å². The van der Waals surface area contributed by atoms with E-state index >= 15 is 0 Å². The Morgan fingerprint density at radius 1 is 1.15 bits per heavy atom. The molecule has 0 fully saturated rings. The molecule has 2 heterocycles. The summed E-state index contributed by atoms with van der Waals surface area (Å²) in [5, 5.41) is 0. The normalized spacial score (nSPS) is 13.2. The highest BCUT2D eigenvalue weighted by Crippen LogP contribution is 2.22. The third-order valence-corrected chi connectivity index (χ3v) is 2.74. The average molecular weight is 291 g/mol. The molecule has 6 heteroatoms. The molecule has 2 aromatic rings. The molecular formula is C14H12ClFN4. The molecule has 4 nitrogen and oxygen atoms in total. The first kappa shape index (κ1) is 14.1. The van der Waals surface area contributed by atoms with Crippen molar-refractivity contribution in [2.45, 2.75) is 0 Å². The zero-order valence-corrected chi connectivity index (χ0v) is 11.3. The summed E-state index contributed by atoms with van der Waals surface area (Å²) in [6.07, 6.45) is 6.99. The number of nitrogens with zero attached hydrogens (tertiary/aromatic N) is 4. The van der Waals surface area contributed by atoms with E-state index in [1.165, 1.54) is 6.07 Å². The molecule has 0 unspecified atom stereocenters. The number of benzene rings is 1. The van der Waals surface area contributed by atoms with E-state index in [4.69, 9.17) is 0 Å². The van der Waals surface area contributed by atoms with Crippen molar-refractivity contribution in [3.05, 3.63) is 54.6 Å². The second-order valence-corrected chi connectivity index (χ2v) is 4.01. The van der Waals surface area contributed by atoms with Gasteiger partial charge in [0, 0.05) is 24.2 Å². The van der Waals surface area contributed by atoms with Crippen molar-refractivity contribution in [1.29, 1.82) is 0 Å². The van der Waals surface area contributed by atoms with Gasteiger partial charge in [-0.25, -0.2) is 14.4 Å². The maximum Gasteiger partial charge on any atom is 0.231 e. The van der Waals surface area contributed by atoms with Crippen molar-refractivity contribution < 1.29 is 4.39 Å². The van der Waals surface area contributed by atoms with E-state index in [-0.39, 0.29) is 18.2 Å². The highest BCUT2D eigenvalue weighted by Gasteiger charge is 2.11. The molecule has 1 aliphatic rings. The summed E-state index contributed by atoms with van der Waals surface area (Å²) in [4.78, 5) is 14.5. The Kier molecular flexibility index (Phi) is 4.42. The SMILES string of the molecule is Cl.Fc1ccccc1-c1ccnc(N2C=CC=NC2)n1. The van der Waals surface area contributed by atoms with Crippen LogP contribution in [0.15, 0.2) is 53.8 Å².